The molecule has 0 spiro atoms. The molecule has 1 aliphatic rings. The van der Waals surface area contributed by atoms with Crippen molar-refractivity contribution in [2.45, 2.75) is 32.3 Å². The molecule has 4 nitrogen and oxygen atoms in total. The van der Waals surface area contributed by atoms with Crippen molar-refractivity contribution in [1.82, 2.24) is 9.97 Å². The number of nitrogens with one attached hydrogen (secondary N) is 1. The van der Waals surface area contributed by atoms with E-state index >= 15 is 0 Å². The Morgan fingerprint density at radius 2 is 2.38 bits per heavy atom. The summed E-state index contributed by atoms with van der Waals surface area (Å²) in [5.74, 6) is 2.33. The zero-order valence-electron chi connectivity index (χ0n) is 9.94. The summed E-state index contributed by atoms with van der Waals surface area (Å²) in [4.78, 5) is 8.80. The molecule has 0 amide bonds. The molecule has 1 unspecified atom stereocenters. The minimum absolute atomic E-state index is 0.0726. The first-order valence-electron chi connectivity index (χ1n) is 5.94. The summed E-state index contributed by atoms with van der Waals surface area (Å²) in [6.45, 7) is 3.08. The molecule has 1 aromatic rings. The summed E-state index contributed by atoms with van der Waals surface area (Å²) in [5, 5.41) is 3.27. The van der Waals surface area contributed by atoms with Gasteiger partial charge in [-0.05, 0) is 31.2 Å². The monoisotopic (exact) mass is 221 g/mol. The van der Waals surface area contributed by atoms with E-state index in [-0.39, 0.29) is 6.10 Å². The number of hydrogen-bond acceptors (Lipinski definition) is 4. The average Bonchev–Trinajstić information content (AvgIpc) is 3.12. The van der Waals surface area contributed by atoms with E-state index in [0.717, 1.165) is 24.6 Å². The van der Waals surface area contributed by atoms with Gasteiger partial charge in [-0.2, -0.15) is 0 Å². The van der Waals surface area contributed by atoms with Crippen LogP contribution in [0.4, 0.5) is 5.82 Å². The lowest BCUT2D eigenvalue weighted by Crippen LogP contribution is -2.11. The Bertz CT molecular complexity index is 339. The lowest BCUT2D eigenvalue weighted by Gasteiger charge is -2.13. The van der Waals surface area contributed by atoms with Crippen molar-refractivity contribution in [1.29, 1.82) is 0 Å². The molecule has 1 N–H and O–H groups in total. The maximum absolute atomic E-state index is 5.47. The molecule has 16 heavy (non-hydrogen) atoms. The predicted octanol–water partition coefficient (Wildman–Crippen LogP) is 2.40. The fourth-order valence-corrected chi connectivity index (χ4v) is 1.77. The van der Waals surface area contributed by atoms with Crippen LogP contribution in [0.1, 0.15) is 38.1 Å². The lowest BCUT2D eigenvalue weighted by atomic mass is 10.2. The van der Waals surface area contributed by atoms with Gasteiger partial charge in [-0.25, -0.2) is 9.97 Å². The highest BCUT2D eigenvalue weighted by Gasteiger charge is 2.34. The van der Waals surface area contributed by atoms with E-state index in [1.165, 1.54) is 12.8 Å². The highest BCUT2D eigenvalue weighted by atomic mass is 16.5. The molecule has 1 heterocycles. The van der Waals surface area contributed by atoms with Crippen molar-refractivity contribution in [3.05, 3.63) is 18.1 Å². The summed E-state index contributed by atoms with van der Waals surface area (Å²) in [6.07, 6.45) is 5.43. The van der Waals surface area contributed by atoms with E-state index in [4.69, 9.17) is 4.74 Å². The number of methoxy groups -OCH3 is 1. The predicted molar refractivity (Wildman–Crippen MR) is 63.3 cm³/mol. The van der Waals surface area contributed by atoms with Crippen molar-refractivity contribution in [3.8, 4) is 0 Å². The number of rotatable bonds is 6. The van der Waals surface area contributed by atoms with Gasteiger partial charge in [0.25, 0.3) is 0 Å². The van der Waals surface area contributed by atoms with Gasteiger partial charge in [0.2, 0.25) is 0 Å². The average molecular weight is 221 g/mol. The fraction of sp³-hybridized carbons (Fsp3) is 0.667. The Morgan fingerprint density at radius 1 is 1.56 bits per heavy atom. The smallest absolute Gasteiger partial charge is 0.159 e. The molecule has 0 bridgehead atoms. The van der Waals surface area contributed by atoms with Gasteiger partial charge in [0.1, 0.15) is 11.9 Å². The molecule has 1 aliphatic carbocycles. The third kappa shape index (κ3) is 2.70. The number of ether oxygens (including phenoxy) is 1. The Balaban J connectivity index is 2.07. The first-order chi connectivity index (χ1) is 7.85. The quantitative estimate of drug-likeness (QED) is 0.801. The van der Waals surface area contributed by atoms with Gasteiger partial charge in [0.15, 0.2) is 5.82 Å². The van der Waals surface area contributed by atoms with Crippen LogP contribution in [-0.4, -0.2) is 23.6 Å². The summed E-state index contributed by atoms with van der Waals surface area (Å²) < 4.78 is 5.47. The molecule has 0 radical (unpaired) electrons. The molecular formula is C12H19N3O. The van der Waals surface area contributed by atoms with E-state index < -0.39 is 0 Å². The zero-order valence-corrected chi connectivity index (χ0v) is 9.94. The van der Waals surface area contributed by atoms with Crippen molar-refractivity contribution in [2.75, 3.05) is 19.0 Å². The number of hydrogen-bond donors (Lipinski definition) is 1. The van der Waals surface area contributed by atoms with Crippen LogP contribution < -0.4 is 5.32 Å². The number of anilines is 1. The third-order valence-corrected chi connectivity index (χ3v) is 2.79. The van der Waals surface area contributed by atoms with Crippen molar-refractivity contribution >= 4 is 5.82 Å². The highest BCUT2D eigenvalue weighted by Crippen LogP contribution is 2.41. The summed E-state index contributed by atoms with van der Waals surface area (Å²) in [5.41, 5.74) is 0. The second-order valence-corrected chi connectivity index (χ2v) is 4.22. The molecule has 0 aromatic carbocycles. The first kappa shape index (κ1) is 11.3. The van der Waals surface area contributed by atoms with Gasteiger partial charge < -0.3 is 10.1 Å². The molecule has 1 fully saturated rings. The van der Waals surface area contributed by atoms with E-state index in [1.807, 2.05) is 6.07 Å². The van der Waals surface area contributed by atoms with Crippen LogP contribution in [0.2, 0.25) is 0 Å². The second-order valence-electron chi connectivity index (χ2n) is 4.22. The molecule has 88 valence electrons. The standard InChI is InChI=1S/C12H19N3O/c1-3-7-13-10-6-8-14-12(15-10)11(16-2)9-4-5-9/h6,8-9,11H,3-5,7H2,1-2H3,(H,13,14,15). The molecule has 1 atom stereocenters. The van der Waals surface area contributed by atoms with Gasteiger partial charge in [-0.1, -0.05) is 6.92 Å². The van der Waals surface area contributed by atoms with Gasteiger partial charge >= 0.3 is 0 Å². The highest BCUT2D eigenvalue weighted by molar-refractivity contribution is 5.33. The van der Waals surface area contributed by atoms with Crippen LogP contribution in [0, 0.1) is 5.92 Å². The van der Waals surface area contributed by atoms with Gasteiger partial charge in [-0.3, -0.25) is 0 Å². The third-order valence-electron chi connectivity index (χ3n) is 2.79. The summed E-state index contributed by atoms with van der Waals surface area (Å²) in [7, 11) is 1.73. The SMILES string of the molecule is CCCNc1ccnc(C(OC)C2CC2)n1. The van der Waals surface area contributed by atoms with E-state index in [1.54, 1.807) is 13.3 Å². The summed E-state index contributed by atoms with van der Waals surface area (Å²) in [6, 6.07) is 1.90. The van der Waals surface area contributed by atoms with Crippen LogP contribution in [-0.2, 0) is 4.74 Å². The summed E-state index contributed by atoms with van der Waals surface area (Å²) >= 11 is 0. The van der Waals surface area contributed by atoms with Crippen molar-refractivity contribution in [3.63, 3.8) is 0 Å². The van der Waals surface area contributed by atoms with Crippen LogP contribution in [0.25, 0.3) is 0 Å². The normalized spacial score (nSPS) is 17.1. The van der Waals surface area contributed by atoms with Gasteiger partial charge in [0.05, 0.1) is 0 Å². The fourth-order valence-electron chi connectivity index (χ4n) is 1.77. The molecule has 4 heteroatoms. The lowest BCUT2D eigenvalue weighted by molar-refractivity contribution is 0.0773. The van der Waals surface area contributed by atoms with E-state index in [0.29, 0.717) is 5.92 Å². The maximum Gasteiger partial charge on any atom is 0.159 e. The number of nitrogens with zero attached hydrogens (tertiary/aromatic N) is 2. The largest absolute Gasteiger partial charge is 0.373 e. The molecular weight excluding hydrogens is 202 g/mol. The van der Waals surface area contributed by atoms with Crippen LogP contribution in [0.3, 0.4) is 0 Å². The zero-order chi connectivity index (χ0) is 11.4. The van der Waals surface area contributed by atoms with Gasteiger partial charge in [-0.15, -0.1) is 0 Å². The minimum Gasteiger partial charge on any atom is -0.373 e. The first-order valence-corrected chi connectivity index (χ1v) is 5.94. The molecule has 1 aromatic heterocycles. The Hall–Kier alpha value is -1.16. The second kappa shape index (κ2) is 5.25. The molecule has 1 saturated carbocycles. The van der Waals surface area contributed by atoms with E-state index in [2.05, 4.69) is 22.2 Å². The minimum atomic E-state index is 0.0726. The van der Waals surface area contributed by atoms with Crippen LogP contribution in [0.5, 0.6) is 0 Å². The Kier molecular flexibility index (Phi) is 3.72. The topological polar surface area (TPSA) is 47.0 Å². The van der Waals surface area contributed by atoms with Crippen molar-refractivity contribution < 1.29 is 4.74 Å². The van der Waals surface area contributed by atoms with Crippen LogP contribution >= 0.6 is 0 Å². The van der Waals surface area contributed by atoms with Gasteiger partial charge in [0, 0.05) is 19.9 Å². The molecule has 0 saturated heterocycles. The van der Waals surface area contributed by atoms with E-state index in [9.17, 15) is 0 Å². The number of aromatic nitrogens is 2. The Labute approximate surface area is 96.4 Å². The Morgan fingerprint density at radius 3 is 3.00 bits per heavy atom. The molecule has 0 aliphatic heterocycles. The molecule has 2 rings (SSSR count). The maximum atomic E-state index is 5.47. The van der Waals surface area contributed by atoms with Crippen molar-refractivity contribution in [2.24, 2.45) is 5.92 Å². The van der Waals surface area contributed by atoms with Crippen LogP contribution in [0.15, 0.2) is 12.3 Å².